The minimum absolute atomic E-state index is 0.0978. The van der Waals surface area contributed by atoms with Crippen molar-refractivity contribution in [2.24, 2.45) is 16.6 Å². The zero-order chi connectivity index (χ0) is 14.7. The minimum Gasteiger partial charge on any atom is -0.481 e. The molecule has 110 valence electrons. The van der Waals surface area contributed by atoms with Gasteiger partial charge in [0.05, 0.1) is 10.8 Å². The number of amides is 1. The normalized spacial score (nSPS) is 27.3. The second-order valence-electron chi connectivity index (χ2n) is 5.83. The molecule has 4 N–H and O–H groups in total. The average molecular weight is 270 g/mol. The number of carboxylic acids is 1. The molecule has 0 aliphatic heterocycles. The van der Waals surface area contributed by atoms with Crippen molar-refractivity contribution in [1.29, 1.82) is 0 Å². The van der Waals surface area contributed by atoms with Crippen LogP contribution in [0.25, 0.3) is 0 Å². The van der Waals surface area contributed by atoms with Gasteiger partial charge in [-0.1, -0.05) is 20.3 Å². The van der Waals surface area contributed by atoms with Crippen molar-refractivity contribution in [3.05, 3.63) is 0 Å². The lowest BCUT2D eigenvalue weighted by Crippen LogP contribution is -2.53. The Hall–Kier alpha value is -1.10. The second-order valence-corrected chi connectivity index (χ2v) is 5.83. The van der Waals surface area contributed by atoms with Crippen LogP contribution < -0.4 is 11.1 Å². The van der Waals surface area contributed by atoms with E-state index in [4.69, 9.17) is 5.73 Å². The third-order valence-corrected chi connectivity index (χ3v) is 4.98. The molecule has 2 atom stereocenters. The van der Waals surface area contributed by atoms with Crippen LogP contribution in [0.5, 0.6) is 0 Å². The maximum Gasteiger partial charge on any atom is 0.311 e. The summed E-state index contributed by atoms with van der Waals surface area (Å²) in [6.07, 6.45) is 3.51. The Morgan fingerprint density at radius 1 is 1.42 bits per heavy atom. The van der Waals surface area contributed by atoms with Crippen LogP contribution in [0, 0.1) is 10.8 Å². The molecular formula is C14H26N2O3. The molecule has 0 spiro atoms. The van der Waals surface area contributed by atoms with Crippen molar-refractivity contribution in [2.45, 2.75) is 58.9 Å². The Balaban J connectivity index is 2.84. The van der Waals surface area contributed by atoms with Crippen LogP contribution in [0.1, 0.15) is 52.9 Å². The van der Waals surface area contributed by atoms with Crippen LogP contribution in [-0.2, 0) is 9.59 Å². The lowest BCUT2D eigenvalue weighted by molar-refractivity contribution is -0.149. The van der Waals surface area contributed by atoms with Crippen molar-refractivity contribution < 1.29 is 14.7 Å². The van der Waals surface area contributed by atoms with Gasteiger partial charge in [-0.05, 0) is 32.6 Å². The molecule has 0 bridgehead atoms. The molecular weight excluding hydrogens is 244 g/mol. The van der Waals surface area contributed by atoms with Crippen LogP contribution in [0.15, 0.2) is 0 Å². The van der Waals surface area contributed by atoms with Crippen LogP contribution in [-0.4, -0.2) is 29.6 Å². The van der Waals surface area contributed by atoms with Gasteiger partial charge >= 0.3 is 5.97 Å². The maximum absolute atomic E-state index is 12.4. The van der Waals surface area contributed by atoms with E-state index in [0.29, 0.717) is 25.8 Å². The summed E-state index contributed by atoms with van der Waals surface area (Å²) in [5.74, 6) is -0.930. The van der Waals surface area contributed by atoms with Crippen LogP contribution >= 0.6 is 0 Å². The number of nitrogens with one attached hydrogen (secondary N) is 1. The van der Waals surface area contributed by atoms with Crippen molar-refractivity contribution in [3.63, 3.8) is 0 Å². The fourth-order valence-electron chi connectivity index (χ4n) is 2.92. The Labute approximate surface area is 114 Å². The molecule has 1 saturated carbocycles. The number of rotatable bonds is 6. The predicted octanol–water partition coefficient (Wildman–Crippen LogP) is 1.51. The van der Waals surface area contributed by atoms with Crippen LogP contribution in [0.2, 0.25) is 0 Å². The molecule has 0 aromatic rings. The van der Waals surface area contributed by atoms with Crippen molar-refractivity contribution in [2.75, 3.05) is 6.54 Å². The molecule has 1 aliphatic rings. The first kappa shape index (κ1) is 16.0. The van der Waals surface area contributed by atoms with E-state index in [2.05, 4.69) is 5.32 Å². The summed E-state index contributed by atoms with van der Waals surface area (Å²) in [7, 11) is 0. The van der Waals surface area contributed by atoms with E-state index in [1.807, 2.05) is 13.8 Å². The quantitative estimate of drug-likeness (QED) is 0.682. The zero-order valence-electron chi connectivity index (χ0n) is 12.2. The largest absolute Gasteiger partial charge is 0.481 e. The summed E-state index contributed by atoms with van der Waals surface area (Å²) < 4.78 is 0. The van der Waals surface area contributed by atoms with Gasteiger partial charge in [-0.3, -0.25) is 9.59 Å². The van der Waals surface area contributed by atoms with Gasteiger partial charge in [0.2, 0.25) is 5.91 Å². The highest BCUT2D eigenvalue weighted by atomic mass is 16.4. The van der Waals surface area contributed by atoms with E-state index in [1.54, 1.807) is 6.92 Å². The van der Waals surface area contributed by atoms with E-state index >= 15 is 0 Å². The Kier molecular flexibility index (Phi) is 4.96. The fourth-order valence-corrected chi connectivity index (χ4v) is 2.92. The van der Waals surface area contributed by atoms with Crippen LogP contribution in [0.4, 0.5) is 0 Å². The zero-order valence-corrected chi connectivity index (χ0v) is 12.2. The van der Waals surface area contributed by atoms with Crippen molar-refractivity contribution >= 4 is 11.9 Å². The number of carbonyl (C=O) groups is 2. The highest BCUT2D eigenvalue weighted by molar-refractivity contribution is 5.84. The van der Waals surface area contributed by atoms with Crippen molar-refractivity contribution in [3.8, 4) is 0 Å². The lowest BCUT2D eigenvalue weighted by Gasteiger charge is -2.34. The lowest BCUT2D eigenvalue weighted by atomic mass is 9.79. The monoisotopic (exact) mass is 270 g/mol. The summed E-state index contributed by atoms with van der Waals surface area (Å²) in [4.78, 5) is 23.8. The number of hydrogen-bond donors (Lipinski definition) is 3. The van der Waals surface area contributed by atoms with Gasteiger partial charge < -0.3 is 16.2 Å². The van der Waals surface area contributed by atoms with E-state index in [-0.39, 0.29) is 11.9 Å². The van der Waals surface area contributed by atoms with E-state index < -0.39 is 16.8 Å². The molecule has 19 heavy (non-hydrogen) atoms. The summed E-state index contributed by atoms with van der Waals surface area (Å²) in [5.41, 5.74) is 4.34. The smallest absolute Gasteiger partial charge is 0.311 e. The first-order chi connectivity index (χ1) is 8.86. The predicted molar refractivity (Wildman–Crippen MR) is 73.6 cm³/mol. The SMILES string of the molecule is CCC(CC)(CN)C(=O)NC1CCCC1(C)C(=O)O. The van der Waals surface area contributed by atoms with Crippen LogP contribution in [0.3, 0.4) is 0 Å². The standard InChI is InChI=1S/C14H26N2O3/c1-4-14(5-2,9-15)11(17)16-10-7-6-8-13(10,3)12(18)19/h10H,4-9,15H2,1-3H3,(H,16,17)(H,18,19). The van der Waals surface area contributed by atoms with Gasteiger partial charge in [0.15, 0.2) is 0 Å². The molecule has 1 amide bonds. The third-order valence-electron chi connectivity index (χ3n) is 4.98. The van der Waals surface area contributed by atoms with Gasteiger partial charge in [0, 0.05) is 12.6 Å². The highest BCUT2D eigenvalue weighted by Crippen LogP contribution is 2.39. The fraction of sp³-hybridized carbons (Fsp3) is 0.857. The first-order valence-electron chi connectivity index (χ1n) is 7.10. The van der Waals surface area contributed by atoms with Gasteiger partial charge in [0.25, 0.3) is 0 Å². The first-order valence-corrected chi connectivity index (χ1v) is 7.10. The summed E-state index contributed by atoms with van der Waals surface area (Å²) >= 11 is 0. The van der Waals surface area contributed by atoms with Gasteiger partial charge in [-0.25, -0.2) is 0 Å². The Morgan fingerprint density at radius 3 is 2.42 bits per heavy atom. The minimum atomic E-state index is -0.850. The summed E-state index contributed by atoms with van der Waals surface area (Å²) in [6, 6.07) is -0.290. The molecule has 0 heterocycles. The molecule has 5 heteroatoms. The van der Waals surface area contributed by atoms with Crippen molar-refractivity contribution in [1.82, 2.24) is 5.32 Å². The molecule has 0 aromatic carbocycles. The molecule has 1 rings (SSSR count). The average Bonchev–Trinajstić information content (AvgIpc) is 2.75. The van der Waals surface area contributed by atoms with Gasteiger partial charge in [-0.15, -0.1) is 0 Å². The number of hydrogen-bond acceptors (Lipinski definition) is 3. The van der Waals surface area contributed by atoms with E-state index in [0.717, 1.165) is 12.8 Å². The summed E-state index contributed by atoms with van der Waals surface area (Å²) in [5, 5.41) is 12.3. The summed E-state index contributed by atoms with van der Waals surface area (Å²) in [6.45, 7) is 5.90. The number of carboxylic acid groups (broad SMARTS) is 1. The molecule has 2 unspecified atom stereocenters. The van der Waals surface area contributed by atoms with Gasteiger partial charge in [-0.2, -0.15) is 0 Å². The number of nitrogens with two attached hydrogens (primary N) is 1. The Morgan fingerprint density at radius 2 is 2.00 bits per heavy atom. The van der Waals surface area contributed by atoms with Gasteiger partial charge in [0.1, 0.15) is 0 Å². The van der Waals surface area contributed by atoms with E-state index in [9.17, 15) is 14.7 Å². The third kappa shape index (κ3) is 2.76. The molecule has 0 saturated heterocycles. The Bertz CT molecular complexity index is 344. The highest BCUT2D eigenvalue weighted by Gasteiger charge is 2.47. The topological polar surface area (TPSA) is 92.4 Å². The maximum atomic E-state index is 12.4. The van der Waals surface area contributed by atoms with E-state index in [1.165, 1.54) is 0 Å². The number of aliphatic carboxylic acids is 1. The molecule has 1 fully saturated rings. The molecule has 0 radical (unpaired) electrons. The molecule has 5 nitrogen and oxygen atoms in total. The number of carbonyl (C=O) groups excluding carboxylic acids is 1. The second kappa shape index (κ2) is 5.90. The molecule has 0 aromatic heterocycles. The molecule has 1 aliphatic carbocycles.